The van der Waals surface area contributed by atoms with Gasteiger partial charge in [0.05, 0.1) is 5.69 Å². The molecule has 0 bridgehead atoms. The summed E-state index contributed by atoms with van der Waals surface area (Å²) < 4.78 is 5.48. The Hall–Kier alpha value is -2.60. The molecule has 2 N–H and O–H groups in total. The van der Waals surface area contributed by atoms with E-state index in [4.69, 9.17) is 4.74 Å². The zero-order valence-corrected chi connectivity index (χ0v) is 17.3. The topological polar surface area (TPSA) is 66.5 Å². The monoisotopic (exact) mass is 396 g/mol. The molecule has 6 nitrogen and oxygen atoms in total. The number of carbonyl (C=O) groups excluding carboxylic acids is 1. The maximum atomic E-state index is 11.1. The first-order valence-electron chi connectivity index (χ1n) is 10.6. The summed E-state index contributed by atoms with van der Waals surface area (Å²) in [5.74, 6) is 0.647. The van der Waals surface area contributed by atoms with Crippen LogP contribution in [0.25, 0.3) is 0 Å². The molecule has 0 unspecified atom stereocenters. The molecule has 0 aliphatic carbocycles. The maximum Gasteiger partial charge on any atom is 0.257 e. The number of fused-ring (bicyclic) bond motifs is 1. The van der Waals surface area contributed by atoms with Gasteiger partial charge < -0.3 is 20.3 Å². The van der Waals surface area contributed by atoms with Gasteiger partial charge in [0.15, 0.2) is 6.61 Å². The van der Waals surface area contributed by atoms with Gasteiger partial charge in [-0.25, -0.2) is 0 Å². The molecule has 0 atom stereocenters. The van der Waals surface area contributed by atoms with Crippen LogP contribution in [0.4, 0.5) is 5.69 Å². The van der Waals surface area contributed by atoms with Gasteiger partial charge >= 0.3 is 0 Å². The van der Waals surface area contributed by atoms with E-state index < -0.39 is 0 Å². The lowest BCUT2D eigenvalue weighted by atomic mass is 10.0. The lowest BCUT2D eigenvalue weighted by molar-refractivity contribution is -0.122. The number of nitrogens with zero attached hydrogens (tertiary/aromatic N) is 2. The van der Waals surface area contributed by atoms with Gasteiger partial charge in [-0.2, -0.15) is 0 Å². The van der Waals surface area contributed by atoms with Crippen molar-refractivity contribution in [1.29, 1.82) is 0 Å². The predicted octanol–water partition coefficient (Wildman–Crippen LogP) is 2.89. The Balaban J connectivity index is 0.000000169. The number of rotatable bonds is 6. The molecule has 6 heteroatoms. The van der Waals surface area contributed by atoms with Crippen molar-refractivity contribution in [2.75, 3.05) is 45.2 Å². The molecule has 0 spiro atoms. The molecular formula is C23H32N4O2. The van der Waals surface area contributed by atoms with E-state index in [1.165, 1.54) is 43.7 Å². The third-order valence-electron chi connectivity index (χ3n) is 5.28. The lowest BCUT2D eigenvalue weighted by Crippen LogP contribution is -2.25. The van der Waals surface area contributed by atoms with E-state index in [1.807, 2.05) is 24.4 Å². The fraction of sp³-hybridized carbons (Fsp3) is 0.478. The van der Waals surface area contributed by atoms with Crippen molar-refractivity contribution >= 4 is 11.6 Å². The van der Waals surface area contributed by atoms with E-state index >= 15 is 0 Å². The molecule has 0 radical (unpaired) electrons. The number of para-hydroxylation sites is 1. The van der Waals surface area contributed by atoms with Crippen LogP contribution in [0.2, 0.25) is 0 Å². The van der Waals surface area contributed by atoms with E-state index in [-0.39, 0.29) is 12.5 Å². The number of aryl methyl sites for hydroxylation is 1. The number of carbonyl (C=O) groups is 1. The number of anilines is 1. The highest BCUT2D eigenvalue weighted by molar-refractivity contribution is 5.77. The average molecular weight is 397 g/mol. The van der Waals surface area contributed by atoms with Crippen LogP contribution in [-0.2, 0) is 17.6 Å². The molecule has 1 aromatic carbocycles. The molecule has 2 aromatic rings. The molecule has 156 valence electrons. The van der Waals surface area contributed by atoms with Crippen LogP contribution < -0.4 is 15.4 Å². The van der Waals surface area contributed by atoms with Crippen LogP contribution in [0, 0.1) is 0 Å². The summed E-state index contributed by atoms with van der Waals surface area (Å²) in [5, 5.41) is 5.85. The van der Waals surface area contributed by atoms with Crippen molar-refractivity contribution in [2.24, 2.45) is 0 Å². The first-order valence-corrected chi connectivity index (χ1v) is 10.6. The number of ether oxygens (including phenoxy) is 1. The van der Waals surface area contributed by atoms with E-state index in [0.29, 0.717) is 0 Å². The van der Waals surface area contributed by atoms with Gasteiger partial charge in [-0.3, -0.25) is 9.78 Å². The molecule has 1 fully saturated rings. The van der Waals surface area contributed by atoms with Gasteiger partial charge in [-0.05, 0) is 62.5 Å². The summed E-state index contributed by atoms with van der Waals surface area (Å²) in [5.41, 5.74) is 3.52. The molecular weight excluding hydrogens is 364 g/mol. The molecule has 1 saturated heterocycles. The molecule has 2 aliphatic heterocycles. The Bertz CT molecular complexity index is 761. The van der Waals surface area contributed by atoms with E-state index in [2.05, 4.69) is 38.7 Å². The molecule has 3 heterocycles. The van der Waals surface area contributed by atoms with Crippen LogP contribution in [0.3, 0.4) is 0 Å². The minimum Gasteiger partial charge on any atom is -0.482 e. The van der Waals surface area contributed by atoms with Crippen molar-refractivity contribution in [2.45, 2.75) is 32.1 Å². The quantitative estimate of drug-likeness (QED) is 0.786. The fourth-order valence-corrected chi connectivity index (χ4v) is 3.64. The van der Waals surface area contributed by atoms with Gasteiger partial charge in [-0.15, -0.1) is 0 Å². The largest absolute Gasteiger partial charge is 0.482 e. The highest BCUT2D eigenvalue weighted by atomic mass is 16.5. The number of amides is 1. The highest BCUT2D eigenvalue weighted by Crippen LogP contribution is 2.31. The Morgan fingerprint density at radius 2 is 2.03 bits per heavy atom. The minimum atomic E-state index is -0.117. The summed E-state index contributed by atoms with van der Waals surface area (Å²) in [4.78, 5) is 17.9. The second kappa shape index (κ2) is 11.4. The fourth-order valence-electron chi connectivity index (χ4n) is 3.64. The number of benzene rings is 1. The van der Waals surface area contributed by atoms with Gasteiger partial charge in [0.25, 0.3) is 5.91 Å². The van der Waals surface area contributed by atoms with Gasteiger partial charge in [0.2, 0.25) is 0 Å². The zero-order valence-electron chi connectivity index (χ0n) is 17.3. The second-order valence-corrected chi connectivity index (χ2v) is 7.40. The Labute approximate surface area is 173 Å². The molecule has 1 amide bonds. The maximum absolute atomic E-state index is 11.1. The molecule has 1 aromatic heterocycles. The van der Waals surface area contributed by atoms with Crippen LogP contribution in [0.1, 0.15) is 30.5 Å². The van der Waals surface area contributed by atoms with Gasteiger partial charge in [0.1, 0.15) is 5.75 Å². The number of likely N-dealkylation sites (N-methyl/N-ethyl adjacent to an activating group) is 1. The summed E-state index contributed by atoms with van der Waals surface area (Å²) in [7, 11) is 1.60. The minimum absolute atomic E-state index is 0.0641. The Morgan fingerprint density at radius 1 is 1.17 bits per heavy atom. The summed E-state index contributed by atoms with van der Waals surface area (Å²) >= 11 is 0. The summed E-state index contributed by atoms with van der Waals surface area (Å²) in [6.07, 6.45) is 7.94. The number of likely N-dealkylation sites (tertiary alicyclic amines) is 1. The highest BCUT2D eigenvalue weighted by Gasteiger charge is 2.13. The number of hydrogen-bond donors (Lipinski definition) is 2. The van der Waals surface area contributed by atoms with Crippen LogP contribution in [0.5, 0.6) is 5.75 Å². The third-order valence-corrected chi connectivity index (χ3v) is 5.28. The number of aromatic nitrogens is 1. The Kier molecular flexibility index (Phi) is 8.31. The molecule has 29 heavy (non-hydrogen) atoms. The van der Waals surface area contributed by atoms with Crippen LogP contribution in [0.15, 0.2) is 42.6 Å². The molecule has 2 aliphatic rings. The molecule has 0 saturated carbocycles. The second-order valence-electron chi connectivity index (χ2n) is 7.40. The SMILES string of the molecule is CNC(=O)COc1cccc2c1NCCC2.c1ccc(CCN2CCCC2)nc1. The van der Waals surface area contributed by atoms with E-state index in [9.17, 15) is 4.79 Å². The average Bonchev–Trinajstić information content (AvgIpc) is 3.31. The van der Waals surface area contributed by atoms with Crippen molar-refractivity contribution in [3.8, 4) is 5.75 Å². The van der Waals surface area contributed by atoms with Crippen LogP contribution in [-0.4, -0.2) is 55.6 Å². The normalized spacial score (nSPS) is 15.5. The first-order chi connectivity index (χ1) is 14.3. The number of hydrogen-bond acceptors (Lipinski definition) is 5. The predicted molar refractivity (Wildman–Crippen MR) is 116 cm³/mol. The zero-order chi connectivity index (χ0) is 20.3. The third kappa shape index (κ3) is 6.75. The smallest absolute Gasteiger partial charge is 0.257 e. The lowest BCUT2D eigenvalue weighted by Gasteiger charge is -2.20. The number of pyridine rings is 1. The van der Waals surface area contributed by atoms with Crippen molar-refractivity contribution in [1.82, 2.24) is 15.2 Å². The standard InChI is InChI=1S/C12H16N2O2.C11H16N2/c1-13-11(15)8-16-10-6-2-4-9-5-3-7-14-12(9)10;1-2-7-12-11(5-1)6-10-13-8-3-4-9-13/h2,4,6,14H,3,5,7-8H2,1H3,(H,13,15);1-2,5,7H,3-4,6,8-10H2. The van der Waals surface area contributed by atoms with Crippen LogP contribution >= 0.6 is 0 Å². The van der Waals surface area contributed by atoms with E-state index in [1.54, 1.807) is 7.05 Å². The molecule has 4 rings (SSSR count). The van der Waals surface area contributed by atoms with E-state index in [0.717, 1.165) is 37.2 Å². The number of nitrogens with one attached hydrogen (secondary N) is 2. The first kappa shape index (κ1) is 21.1. The summed E-state index contributed by atoms with van der Waals surface area (Å²) in [6, 6.07) is 12.1. The summed E-state index contributed by atoms with van der Waals surface area (Å²) in [6.45, 7) is 4.78. The van der Waals surface area contributed by atoms with Crippen molar-refractivity contribution in [3.63, 3.8) is 0 Å². The Morgan fingerprint density at radius 3 is 2.79 bits per heavy atom. The van der Waals surface area contributed by atoms with Gasteiger partial charge in [0, 0.05) is 38.4 Å². The van der Waals surface area contributed by atoms with Gasteiger partial charge in [-0.1, -0.05) is 18.2 Å². The van der Waals surface area contributed by atoms with Crippen molar-refractivity contribution < 1.29 is 9.53 Å². The van der Waals surface area contributed by atoms with Crippen molar-refractivity contribution in [3.05, 3.63) is 53.9 Å².